The van der Waals surface area contributed by atoms with Crippen molar-refractivity contribution < 1.29 is 9.59 Å². The summed E-state index contributed by atoms with van der Waals surface area (Å²) in [5.41, 5.74) is 8.36. The van der Waals surface area contributed by atoms with Gasteiger partial charge in [0.05, 0.1) is 12.5 Å². The molecule has 2 unspecified atom stereocenters. The van der Waals surface area contributed by atoms with Crippen molar-refractivity contribution in [1.29, 1.82) is 0 Å². The van der Waals surface area contributed by atoms with Gasteiger partial charge in [-0.1, -0.05) is 48.0 Å². The van der Waals surface area contributed by atoms with E-state index >= 15 is 0 Å². The molecule has 142 valence electrons. The SMILES string of the molecule is Cc1ccc(C(=O)NC(CC(=O)N2CCC(CN)C2)c2ccccc2)cc1. The van der Waals surface area contributed by atoms with Gasteiger partial charge in [0.1, 0.15) is 0 Å². The summed E-state index contributed by atoms with van der Waals surface area (Å²) in [5.74, 6) is 0.271. The molecule has 3 N–H and O–H groups in total. The van der Waals surface area contributed by atoms with Crippen LogP contribution in [0, 0.1) is 12.8 Å². The van der Waals surface area contributed by atoms with Crippen molar-refractivity contribution in [3.8, 4) is 0 Å². The third-order valence-corrected chi connectivity index (χ3v) is 5.17. The zero-order valence-corrected chi connectivity index (χ0v) is 15.7. The van der Waals surface area contributed by atoms with Crippen LogP contribution in [0.3, 0.4) is 0 Å². The number of nitrogens with one attached hydrogen (secondary N) is 1. The molecule has 0 radical (unpaired) electrons. The van der Waals surface area contributed by atoms with E-state index in [-0.39, 0.29) is 24.3 Å². The van der Waals surface area contributed by atoms with Gasteiger partial charge in [-0.25, -0.2) is 0 Å². The van der Waals surface area contributed by atoms with E-state index in [1.165, 1.54) is 0 Å². The van der Waals surface area contributed by atoms with Gasteiger partial charge in [0.15, 0.2) is 0 Å². The maximum Gasteiger partial charge on any atom is 0.251 e. The Morgan fingerprint density at radius 1 is 1.15 bits per heavy atom. The number of hydrogen-bond donors (Lipinski definition) is 2. The highest BCUT2D eigenvalue weighted by molar-refractivity contribution is 5.94. The van der Waals surface area contributed by atoms with Crippen LogP contribution in [0.15, 0.2) is 54.6 Å². The Morgan fingerprint density at radius 3 is 2.48 bits per heavy atom. The van der Waals surface area contributed by atoms with Gasteiger partial charge in [0, 0.05) is 18.7 Å². The summed E-state index contributed by atoms with van der Waals surface area (Å²) >= 11 is 0. The molecule has 3 rings (SSSR count). The second-order valence-electron chi connectivity index (χ2n) is 7.24. The number of rotatable bonds is 6. The molecule has 1 aliphatic rings. The number of hydrogen-bond acceptors (Lipinski definition) is 3. The number of nitrogens with two attached hydrogens (primary N) is 1. The Morgan fingerprint density at radius 2 is 1.85 bits per heavy atom. The van der Waals surface area contributed by atoms with Gasteiger partial charge in [-0.15, -0.1) is 0 Å². The number of carbonyl (C=O) groups excluding carboxylic acids is 2. The Kier molecular flexibility index (Phi) is 6.24. The molecule has 0 bridgehead atoms. The van der Waals surface area contributed by atoms with E-state index in [0.29, 0.717) is 24.6 Å². The summed E-state index contributed by atoms with van der Waals surface area (Å²) in [7, 11) is 0. The van der Waals surface area contributed by atoms with Crippen LogP contribution in [0.4, 0.5) is 0 Å². The van der Waals surface area contributed by atoms with Crippen molar-refractivity contribution in [1.82, 2.24) is 10.2 Å². The molecule has 1 aliphatic heterocycles. The zero-order chi connectivity index (χ0) is 19.2. The molecule has 2 aromatic carbocycles. The smallest absolute Gasteiger partial charge is 0.251 e. The van der Waals surface area contributed by atoms with Crippen LogP contribution in [-0.2, 0) is 4.79 Å². The first kappa shape index (κ1) is 19.1. The summed E-state index contributed by atoms with van der Waals surface area (Å²) in [5, 5.41) is 3.04. The van der Waals surface area contributed by atoms with Crippen molar-refractivity contribution >= 4 is 11.8 Å². The Balaban J connectivity index is 1.72. The Hall–Kier alpha value is -2.66. The fourth-order valence-electron chi connectivity index (χ4n) is 3.44. The minimum Gasteiger partial charge on any atom is -0.345 e. The fraction of sp³-hybridized carbons (Fsp3) is 0.364. The summed E-state index contributed by atoms with van der Waals surface area (Å²) in [6, 6.07) is 16.7. The number of likely N-dealkylation sites (tertiary alicyclic amines) is 1. The van der Waals surface area contributed by atoms with Gasteiger partial charge in [0.2, 0.25) is 5.91 Å². The van der Waals surface area contributed by atoms with Crippen LogP contribution < -0.4 is 11.1 Å². The monoisotopic (exact) mass is 365 g/mol. The summed E-state index contributed by atoms with van der Waals surface area (Å²) in [4.78, 5) is 27.3. The van der Waals surface area contributed by atoms with E-state index in [9.17, 15) is 9.59 Å². The highest BCUT2D eigenvalue weighted by Gasteiger charge is 2.28. The Bertz CT molecular complexity index is 774. The molecule has 1 saturated heterocycles. The molecule has 0 spiro atoms. The lowest BCUT2D eigenvalue weighted by Gasteiger charge is -2.23. The standard InChI is InChI=1S/C22H27N3O2/c1-16-7-9-19(10-8-16)22(27)24-20(18-5-3-2-4-6-18)13-21(26)25-12-11-17(14-23)15-25/h2-10,17,20H,11-15,23H2,1H3,(H,24,27). The molecule has 0 aliphatic carbocycles. The zero-order valence-electron chi connectivity index (χ0n) is 15.7. The average molecular weight is 365 g/mol. The molecule has 5 nitrogen and oxygen atoms in total. The predicted molar refractivity (Wildman–Crippen MR) is 106 cm³/mol. The molecule has 1 heterocycles. The number of carbonyl (C=O) groups is 2. The van der Waals surface area contributed by atoms with Crippen molar-refractivity contribution in [2.75, 3.05) is 19.6 Å². The molecule has 0 aromatic heterocycles. The predicted octanol–water partition coefficient (Wildman–Crippen LogP) is 2.66. The van der Waals surface area contributed by atoms with E-state index in [1.807, 2.05) is 54.3 Å². The topological polar surface area (TPSA) is 75.4 Å². The molecule has 0 saturated carbocycles. The number of aryl methyl sites for hydroxylation is 1. The highest BCUT2D eigenvalue weighted by atomic mass is 16.2. The van der Waals surface area contributed by atoms with E-state index in [1.54, 1.807) is 12.1 Å². The first-order chi connectivity index (χ1) is 13.1. The van der Waals surface area contributed by atoms with Crippen LogP contribution in [-0.4, -0.2) is 36.3 Å². The molecule has 5 heteroatoms. The third kappa shape index (κ3) is 4.95. The minimum atomic E-state index is -0.357. The lowest BCUT2D eigenvalue weighted by atomic mass is 10.0. The first-order valence-electron chi connectivity index (χ1n) is 9.47. The molecule has 2 aromatic rings. The second-order valence-corrected chi connectivity index (χ2v) is 7.24. The van der Waals surface area contributed by atoms with Crippen molar-refractivity contribution in [3.05, 3.63) is 71.3 Å². The summed E-state index contributed by atoms with van der Waals surface area (Å²) < 4.78 is 0. The fourth-order valence-corrected chi connectivity index (χ4v) is 3.44. The molecular weight excluding hydrogens is 338 g/mol. The molecule has 2 atom stereocenters. The maximum atomic E-state index is 12.8. The Labute approximate surface area is 160 Å². The number of amides is 2. The third-order valence-electron chi connectivity index (χ3n) is 5.17. The lowest BCUT2D eigenvalue weighted by molar-refractivity contribution is -0.130. The van der Waals surface area contributed by atoms with Crippen molar-refractivity contribution in [2.24, 2.45) is 11.7 Å². The maximum absolute atomic E-state index is 12.8. The van der Waals surface area contributed by atoms with Crippen LogP contribution in [0.1, 0.15) is 40.4 Å². The number of nitrogens with zero attached hydrogens (tertiary/aromatic N) is 1. The van der Waals surface area contributed by atoms with Gasteiger partial charge in [0.25, 0.3) is 5.91 Å². The van der Waals surface area contributed by atoms with Crippen molar-refractivity contribution in [2.45, 2.75) is 25.8 Å². The first-order valence-corrected chi connectivity index (χ1v) is 9.47. The minimum absolute atomic E-state index is 0.0593. The molecule has 2 amide bonds. The van der Waals surface area contributed by atoms with Gasteiger partial charge >= 0.3 is 0 Å². The van der Waals surface area contributed by atoms with Crippen LogP contribution in [0.25, 0.3) is 0 Å². The molecule has 27 heavy (non-hydrogen) atoms. The van der Waals surface area contributed by atoms with E-state index in [4.69, 9.17) is 5.73 Å². The van der Waals surface area contributed by atoms with Crippen molar-refractivity contribution in [3.63, 3.8) is 0 Å². The van der Waals surface area contributed by atoms with Gasteiger partial charge in [-0.05, 0) is 43.5 Å². The molecular formula is C22H27N3O2. The van der Waals surface area contributed by atoms with E-state index in [2.05, 4.69) is 5.32 Å². The quantitative estimate of drug-likeness (QED) is 0.826. The highest BCUT2D eigenvalue weighted by Crippen LogP contribution is 2.22. The van der Waals surface area contributed by atoms with E-state index < -0.39 is 0 Å². The average Bonchev–Trinajstić information content (AvgIpc) is 3.18. The second kappa shape index (κ2) is 8.82. The van der Waals surface area contributed by atoms with E-state index in [0.717, 1.165) is 24.1 Å². The van der Waals surface area contributed by atoms with Crippen LogP contribution in [0.5, 0.6) is 0 Å². The largest absolute Gasteiger partial charge is 0.345 e. The van der Waals surface area contributed by atoms with Gasteiger partial charge in [-0.2, -0.15) is 0 Å². The molecule has 1 fully saturated rings. The van der Waals surface area contributed by atoms with Gasteiger partial charge in [-0.3, -0.25) is 9.59 Å². The summed E-state index contributed by atoms with van der Waals surface area (Å²) in [6.07, 6.45) is 1.20. The lowest BCUT2D eigenvalue weighted by Crippen LogP contribution is -2.36. The van der Waals surface area contributed by atoms with Gasteiger partial charge < -0.3 is 16.0 Å². The number of benzene rings is 2. The van der Waals surface area contributed by atoms with Crippen LogP contribution in [0.2, 0.25) is 0 Å². The van der Waals surface area contributed by atoms with Crippen LogP contribution >= 0.6 is 0 Å². The normalized spacial score (nSPS) is 17.6. The summed E-state index contributed by atoms with van der Waals surface area (Å²) in [6.45, 7) is 4.05.